The third-order valence-electron chi connectivity index (χ3n) is 6.13. The lowest BCUT2D eigenvalue weighted by molar-refractivity contribution is 0.374. The molecule has 3 aromatic heterocycles. The predicted molar refractivity (Wildman–Crippen MR) is 128 cm³/mol. The van der Waals surface area contributed by atoms with Gasteiger partial charge in [0.2, 0.25) is 0 Å². The Morgan fingerprint density at radius 1 is 1.03 bits per heavy atom. The van der Waals surface area contributed by atoms with Crippen molar-refractivity contribution in [1.82, 2.24) is 13.5 Å². The first-order chi connectivity index (χ1) is 15.7. The third-order valence-corrected chi connectivity index (χ3v) is 7.85. The van der Waals surface area contributed by atoms with Gasteiger partial charge in [0.1, 0.15) is 0 Å². The Morgan fingerprint density at radius 2 is 1.76 bits per heavy atom. The molecule has 0 aliphatic carbocycles. The average molecular weight is 462 g/mol. The molecule has 0 atom stereocenters. The van der Waals surface area contributed by atoms with Crippen LogP contribution in [0, 0.1) is 13.8 Å². The van der Waals surface area contributed by atoms with Crippen molar-refractivity contribution in [3.63, 3.8) is 0 Å². The summed E-state index contributed by atoms with van der Waals surface area (Å²) in [6.45, 7) is 3.84. The summed E-state index contributed by atoms with van der Waals surface area (Å²) in [6, 6.07) is 15.6. The fourth-order valence-electron chi connectivity index (χ4n) is 4.31. The Morgan fingerprint density at radius 3 is 2.45 bits per heavy atom. The van der Waals surface area contributed by atoms with Crippen LogP contribution in [0.1, 0.15) is 11.3 Å². The highest BCUT2D eigenvalue weighted by molar-refractivity contribution is 7.90. The van der Waals surface area contributed by atoms with Gasteiger partial charge in [-0.2, -0.15) is 0 Å². The summed E-state index contributed by atoms with van der Waals surface area (Å²) in [6.07, 6.45) is 1.59. The van der Waals surface area contributed by atoms with Crippen LogP contribution >= 0.6 is 0 Å². The number of hydrogen-bond acceptors (Lipinski definition) is 5. The molecule has 168 valence electrons. The molecule has 0 aliphatic heterocycles. The molecule has 3 heterocycles. The van der Waals surface area contributed by atoms with Gasteiger partial charge >= 0.3 is 0 Å². The van der Waals surface area contributed by atoms with Crippen molar-refractivity contribution in [2.24, 2.45) is 7.05 Å². The maximum absolute atomic E-state index is 13.9. The Labute approximate surface area is 191 Å². The molecule has 0 bridgehead atoms. The van der Waals surface area contributed by atoms with Crippen LogP contribution in [0.15, 0.2) is 65.7 Å². The van der Waals surface area contributed by atoms with Gasteiger partial charge in [-0.15, -0.1) is 0 Å². The Balaban J connectivity index is 1.91. The second-order valence-corrected chi connectivity index (χ2v) is 9.88. The van der Waals surface area contributed by atoms with Crippen molar-refractivity contribution >= 4 is 32.0 Å². The minimum atomic E-state index is -3.95. The van der Waals surface area contributed by atoms with E-state index in [2.05, 4.69) is 4.98 Å². The van der Waals surface area contributed by atoms with E-state index in [0.29, 0.717) is 22.5 Å². The van der Waals surface area contributed by atoms with E-state index in [4.69, 9.17) is 4.74 Å². The van der Waals surface area contributed by atoms with Gasteiger partial charge in [-0.05, 0) is 50.2 Å². The predicted octanol–water partition coefficient (Wildman–Crippen LogP) is 4.76. The van der Waals surface area contributed by atoms with E-state index < -0.39 is 10.0 Å². The highest BCUT2D eigenvalue weighted by atomic mass is 32.2. The summed E-state index contributed by atoms with van der Waals surface area (Å²) in [4.78, 5) is 4.60. The van der Waals surface area contributed by atoms with Crippen LogP contribution in [0.2, 0.25) is 0 Å². The van der Waals surface area contributed by atoms with Gasteiger partial charge < -0.3 is 14.4 Å². The van der Waals surface area contributed by atoms with Crippen molar-refractivity contribution in [2.45, 2.75) is 18.7 Å². The summed E-state index contributed by atoms with van der Waals surface area (Å²) in [7, 11) is -0.587. The molecule has 0 spiro atoms. The monoisotopic (exact) mass is 461 g/mol. The number of aryl methyl sites for hydroxylation is 2. The average Bonchev–Trinajstić information content (AvgIpc) is 3.29. The molecule has 0 unspecified atom stereocenters. The number of ether oxygens (including phenoxy) is 1. The Bertz CT molecular complexity index is 1650. The first kappa shape index (κ1) is 21.1. The fraction of sp³-hybridized carbons (Fsp3) is 0.160. The lowest BCUT2D eigenvalue weighted by Gasteiger charge is -2.12. The van der Waals surface area contributed by atoms with Crippen LogP contribution in [-0.4, -0.2) is 34.2 Å². The van der Waals surface area contributed by atoms with E-state index in [9.17, 15) is 13.5 Å². The minimum absolute atomic E-state index is 0.0200. The van der Waals surface area contributed by atoms with Gasteiger partial charge in [0.15, 0.2) is 17.1 Å². The van der Waals surface area contributed by atoms with E-state index in [1.165, 1.54) is 11.1 Å². The molecule has 33 heavy (non-hydrogen) atoms. The fourth-order valence-corrected chi connectivity index (χ4v) is 5.78. The SMILES string of the molecule is COc1cc2c(-c3cc4cccnc4n3S(=O)(=O)c3ccc(C)cc3)c(C)n(C)c2cc1O. The molecule has 0 saturated carbocycles. The van der Waals surface area contributed by atoms with Crippen molar-refractivity contribution in [1.29, 1.82) is 0 Å². The van der Waals surface area contributed by atoms with Gasteiger partial charge in [0, 0.05) is 41.3 Å². The second-order valence-electron chi connectivity index (χ2n) is 8.09. The standard InChI is InChI=1S/C25H23N3O4S/c1-15-7-9-18(10-8-15)33(30,31)28-21(12-17-6-5-11-26-25(17)28)24-16(2)27(3)20-14-22(29)23(32-4)13-19(20)24/h5-14,29H,1-4H3. The van der Waals surface area contributed by atoms with Gasteiger partial charge in [0.25, 0.3) is 10.0 Å². The maximum atomic E-state index is 13.9. The van der Waals surface area contributed by atoms with E-state index >= 15 is 0 Å². The number of pyridine rings is 1. The molecule has 0 fully saturated rings. The molecule has 5 aromatic rings. The van der Waals surface area contributed by atoms with Crippen LogP contribution in [0.4, 0.5) is 0 Å². The second kappa shape index (κ2) is 7.38. The van der Waals surface area contributed by atoms with Crippen molar-refractivity contribution in [3.05, 3.63) is 72.1 Å². The normalized spacial score (nSPS) is 12.0. The summed E-state index contributed by atoms with van der Waals surface area (Å²) in [5.41, 5.74) is 4.18. The number of phenols is 1. The third kappa shape index (κ3) is 3.09. The molecular weight excluding hydrogens is 438 g/mol. The molecule has 8 heteroatoms. The molecule has 7 nitrogen and oxygen atoms in total. The minimum Gasteiger partial charge on any atom is -0.504 e. The van der Waals surface area contributed by atoms with Crippen LogP contribution in [-0.2, 0) is 17.1 Å². The van der Waals surface area contributed by atoms with Crippen LogP contribution in [0.3, 0.4) is 0 Å². The van der Waals surface area contributed by atoms with Crippen LogP contribution in [0.25, 0.3) is 33.2 Å². The number of fused-ring (bicyclic) bond motifs is 2. The van der Waals surface area contributed by atoms with Crippen LogP contribution < -0.4 is 4.74 Å². The molecular formula is C25H23N3O4S. The zero-order valence-electron chi connectivity index (χ0n) is 18.7. The summed E-state index contributed by atoms with van der Waals surface area (Å²) in [5, 5.41) is 11.8. The number of rotatable bonds is 4. The molecule has 0 aliphatic rings. The van der Waals surface area contributed by atoms with Crippen molar-refractivity contribution in [2.75, 3.05) is 7.11 Å². The molecule has 0 radical (unpaired) electrons. The van der Waals surface area contributed by atoms with Gasteiger partial charge in [0.05, 0.1) is 23.2 Å². The number of nitrogens with zero attached hydrogens (tertiary/aromatic N) is 3. The van der Waals surface area contributed by atoms with E-state index in [-0.39, 0.29) is 10.6 Å². The van der Waals surface area contributed by atoms with Gasteiger partial charge in [-0.1, -0.05) is 17.7 Å². The topological polar surface area (TPSA) is 86.4 Å². The zero-order valence-corrected chi connectivity index (χ0v) is 19.5. The summed E-state index contributed by atoms with van der Waals surface area (Å²) < 4.78 is 36.4. The zero-order chi connectivity index (χ0) is 23.5. The molecule has 2 aromatic carbocycles. The number of aromatic nitrogens is 3. The van der Waals surface area contributed by atoms with E-state index in [1.807, 2.05) is 37.6 Å². The Hall–Kier alpha value is -3.78. The number of aromatic hydroxyl groups is 1. The quantitative estimate of drug-likeness (QED) is 0.417. The number of methoxy groups -OCH3 is 1. The van der Waals surface area contributed by atoms with Gasteiger partial charge in [-0.25, -0.2) is 17.4 Å². The largest absolute Gasteiger partial charge is 0.504 e. The number of hydrogen-bond donors (Lipinski definition) is 1. The smallest absolute Gasteiger partial charge is 0.269 e. The highest BCUT2D eigenvalue weighted by Crippen LogP contribution is 2.42. The Kier molecular flexibility index (Phi) is 4.72. The van der Waals surface area contributed by atoms with E-state index in [0.717, 1.165) is 27.7 Å². The molecule has 5 rings (SSSR count). The maximum Gasteiger partial charge on any atom is 0.269 e. The molecule has 1 N–H and O–H groups in total. The highest BCUT2D eigenvalue weighted by Gasteiger charge is 2.28. The summed E-state index contributed by atoms with van der Waals surface area (Å²) in [5.74, 6) is 0.336. The summed E-state index contributed by atoms with van der Waals surface area (Å²) >= 11 is 0. The molecule has 0 amide bonds. The first-order valence-corrected chi connectivity index (χ1v) is 11.8. The molecule has 0 saturated heterocycles. The van der Waals surface area contributed by atoms with E-state index in [1.54, 1.807) is 48.7 Å². The first-order valence-electron chi connectivity index (χ1n) is 10.4. The van der Waals surface area contributed by atoms with Crippen LogP contribution in [0.5, 0.6) is 11.5 Å². The lowest BCUT2D eigenvalue weighted by atomic mass is 10.1. The van der Waals surface area contributed by atoms with Crippen molar-refractivity contribution < 1.29 is 18.3 Å². The lowest BCUT2D eigenvalue weighted by Crippen LogP contribution is -2.15. The van der Waals surface area contributed by atoms with Gasteiger partial charge in [-0.3, -0.25) is 0 Å². The number of phenolic OH excluding ortho intramolecular Hbond substituents is 1. The van der Waals surface area contributed by atoms with Crippen molar-refractivity contribution in [3.8, 4) is 22.8 Å². The number of benzene rings is 2.